The SMILES string of the molecule is Cc1ccc(F)c(Nc2nc(C)c(C(=O)O)s2)c1F. The number of benzene rings is 1. The van der Waals surface area contributed by atoms with Crippen molar-refractivity contribution in [3.8, 4) is 0 Å². The van der Waals surface area contributed by atoms with Crippen LogP contribution < -0.4 is 5.32 Å². The lowest BCUT2D eigenvalue weighted by atomic mass is 10.2. The zero-order valence-corrected chi connectivity index (χ0v) is 10.9. The van der Waals surface area contributed by atoms with Crippen molar-refractivity contribution in [2.45, 2.75) is 13.8 Å². The zero-order chi connectivity index (χ0) is 14.2. The fourth-order valence-electron chi connectivity index (χ4n) is 1.53. The number of anilines is 2. The van der Waals surface area contributed by atoms with Gasteiger partial charge in [-0.1, -0.05) is 17.4 Å². The van der Waals surface area contributed by atoms with Crippen molar-refractivity contribution in [2.24, 2.45) is 0 Å². The first-order chi connectivity index (χ1) is 8.90. The van der Waals surface area contributed by atoms with Crippen molar-refractivity contribution >= 4 is 28.1 Å². The monoisotopic (exact) mass is 284 g/mol. The molecule has 1 heterocycles. The lowest BCUT2D eigenvalue weighted by molar-refractivity contribution is 0.0701. The van der Waals surface area contributed by atoms with E-state index in [0.29, 0.717) is 5.69 Å². The molecule has 4 nitrogen and oxygen atoms in total. The Hall–Kier alpha value is -2.02. The number of aromatic nitrogens is 1. The topological polar surface area (TPSA) is 62.2 Å². The van der Waals surface area contributed by atoms with E-state index in [4.69, 9.17) is 5.11 Å². The van der Waals surface area contributed by atoms with Crippen molar-refractivity contribution in [1.82, 2.24) is 4.98 Å². The van der Waals surface area contributed by atoms with Gasteiger partial charge in [-0.05, 0) is 25.5 Å². The lowest BCUT2D eigenvalue weighted by Crippen LogP contribution is -1.99. The van der Waals surface area contributed by atoms with Crippen LogP contribution in [0.15, 0.2) is 12.1 Å². The molecule has 0 fully saturated rings. The second-order valence-corrected chi connectivity index (χ2v) is 4.92. The molecule has 19 heavy (non-hydrogen) atoms. The highest BCUT2D eigenvalue weighted by molar-refractivity contribution is 7.17. The average molecular weight is 284 g/mol. The van der Waals surface area contributed by atoms with Gasteiger partial charge in [0.15, 0.2) is 10.9 Å². The Morgan fingerprint density at radius 2 is 2.05 bits per heavy atom. The summed E-state index contributed by atoms with van der Waals surface area (Å²) in [6.45, 7) is 3.03. The Kier molecular flexibility index (Phi) is 3.48. The van der Waals surface area contributed by atoms with Crippen LogP contribution in [0.2, 0.25) is 0 Å². The number of carbonyl (C=O) groups is 1. The number of hydrogen-bond acceptors (Lipinski definition) is 4. The highest BCUT2D eigenvalue weighted by atomic mass is 32.1. The fourth-order valence-corrected chi connectivity index (χ4v) is 2.34. The van der Waals surface area contributed by atoms with Gasteiger partial charge >= 0.3 is 5.97 Å². The Morgan fingerprint density at radius 1 is 1.37 bits per heavy atom. The van der Waals surface area contributed by atoms with Crippen molar-refractivity contribution in [3.05, 3.63) is 39.9 Å². The van der Waals surface area contributed by atoms with Gasteiger partial charge in [-0.15, -0.1) is 0 Å². The number of nitrogens with one attached hydrogen (secondary N) is 1. The molecule has 0 bridgehead atoms. The molecule has 2 rings (SSSR count). The molecule has 0 saturated heterocycles. The number of thiazole rings is 1. The summed E-state index contributed by atoms with van der Waals surface area (Å²) in [4.78, 5) is 14.8. The van der Waals surface area contributed by atoms with E-state index in [1.165, 1.54) is 19.9 Å². The number of aromatic carboxylic acids is 1. The summed E-state index contributed by atoms with van der Waals surface area (Å²) in [6.07, 6.45) is 0. The number of rotatable bonds is 3. The van der Waals surface area contributed by atoms with Crippen LogP contribution in [-0.4, -0.2) is 16.1 Å². The summed E-state index contributed by atoms with van der Waals surface area (Å²) in [7, 11) is 0. The predicted molar refractivity (Wildman–Crippen MR) is 68.2 cm³/mol. The largest absolute Gasteiger partial charge is 0.477 e. The van der Waals surface area contributed by atoms with E-state index in [2.05, 4.69) is 10.3 Å². The molecule has 0 aliphatic heterocycles. The van der Waals surface area contributed by atoms with Gasteiger partial charge < -0.3 is 10.4 Å². The first-order valence-electron chi connectivity index (χ1n) is 5.32. The number of carboxylic acid groups (broad SMARTS) is 1. The van der Waals surface area contributed by atoms with Crippen molar-refractivity contribution in [1.29, 1.82) is 0 Å². The van der Waals surface area contributed by atoms with Gasteiger partial charge in [-0.25, -0.2) is 18.6 Å². The molecule has 2 N–H and O–H groups in total. The first kappa shape index (κ1) is 13.4. The molecule has 0 saturated carbocycles. The Labute approximate surface area is 111 Å². The number of hydrogen-bond donors (Lipinski definition) is 2. The highest BCUT2D eigenvalue weighted by Crippen LogP contribution is 2.29. The minimum absolute atomic E-state index is 0.0379. The van der Waals surface area contributed by atoms with Crippen molar-refractivity contribution in [2.75, 3.05) is 5.32 Å². The molecule has 2 aromatic rings. The number of halogens is 2. The standard InChI is InChI=1S/C12H10F2N2O2S/c1-5-3-4-7(13)9(8(5)14)16-12-15-6(2)10(19-12)11(17)18/h3-4H,1-2H3,(H,15,16)(H,17,18). The van der Waals surface area contributed by atoms with E-state index in [1.54, 1.807) is 0 Å². The molecule has 0 unspecified atom stereocenters. The van der Waals surface area contributed by atoms with Crippen molar-refractivity contribution in [3.63, 3.8) is 0 Å². The third-order valence-electron chi connectivity index (χ3n) is 2.51. The summed E-state index contributed by atoms with van der Waals surface area (Å²) in [6, 6.07) is 2.46. The minimum atomic E-state index is -1.12. The highest BCUT2D eigenvalue weighted by Gasteiger charge is 2.17. The molecular formula is C12H10F2N2O2S. The molecule has 1 aromatic carbocycles. The lowest BCUT2D eigenvalue weighted by Gasteiger charge is -2.07. The summed E-state index contributed by atoms with van der Waals surface area (Å²) >= 11 is 0.831. The second kappa shape index (κ2) is 4.93. The fraction of sp³-hybridized carbons (Fsp3) is 0.167. The molecule has 0 spiro atoms. The first-order valence-corrected chi connectivity index (χ1v) is 6.14. The van der Waals surface area contributed by atoms with Crippen LogP contribution in [0.4, 0.5) is 19.6 Å². The van der Waals surface area contributed by atoms with Gasteiger partial charge in [-0.2, -0.15) is 0 Å². The Bertz CT molecular complexity index is 655. The second-order valence-electron chi connectivity index (χ2n) is 3.92. The summed E-state index contributed by atoms with van der Waals surface area (Å²) in [5, 5.41) is 11.5. The summed E-state index contributed by atoms with van der Waals surface area (Å²) < 4.78 is 27.3. The summed E-state index contributed by atoms with van der Waals surface area (Å²) in [5.41, 5.74) is 0.259. The van der Waals surface area contributed by atoms with Crippen LogP contribution in [0.25, 0.3) is 0 Å². The molecule has 7 heteroatoms. The molecule has 0 radical (unpaired) electrons. The van der Waals surface area contributed by atoms with Gasteiger partial charge in [0.05, 0.1) is 5.69 Å². The number of carboxylic acids is 1. The van der Waals surface area contributed by atoms with Gasteiger partial charge in [0.1, 0.15) is 16.4 Å². The molecule has 0 aliphatic carbocycles. The maximum atomic E-state index is 13.8. The Morgan fingerprint density at radius 3 is 2.63 bits per heavy atom. The molecule has 0 atom stereocenters. The van der Waals surface area contributed by atoms with Crippen LogP contribution in [-0.2, 0) is 0 Å². The molecular weight excluding hydrogens is 274 g/mol. The van der Waals surface area contributed by atoms with Gasteiger partial charge in [-0.3, -0.25) is 0 Å². The van der Waals surface area contributed by atoms with E-state index < -0.39 is 17.6 Å². The third-order valence-corrected chi connectivity index (χ3v) is 3.57. The average Bonchev–Trinajstić information content (AvgIpc) is 2.71. The van der Waals surface area contributed by atoms with Crippen LogP contribution in [0.5, 0.6) is 0 Å². The smallest absolute Gasteiger partial charge is 0.347 e. The number of nitrogens with zero attached hydrogens (tertiary/aromatic N) is 1. The van der Waals surface area contributed by atoms with Crippen LogP contribution >= 0.6 is 11.3 Å². The van der Waals surface area contributed by atoms with Crippen LogP contribution in [0.3, 0.4) is 0 Å². The quantitative estimate of drug-likeness (QED) is 0.905. The van der Waals surface area contributed by atoms with E-state index in [9.17, 15) is 13.6 Å². The molecule has 1 aromatic heterocycles. The summed E-state index contributed by atoms with van der Waals surface area (Å²) in [5.74, 6) is -2.59. The number of aryl methyl sites for hydroxylation is 2. The maximum absolute atomic E-state index is 13.8. The van der Waals surface area contributed by atoms with Crippen molar-refractivity contribution < 1.29 is 18.7 Å². The van der Waals surface area contributed by atoms with E-state index in [-0.39, 0.29) is 21.3 Å². The predicted octanol–water partition coefficient (Wildman–Crippen LogP) is 3.48. The van der Waals surface area contributed by atoms with Crippen LogP contribution in [0.1, 0.15) is 20.9 Å². The van der Waals surface area contributed by atoms with E-state index in [0.717, 1.165) is 17.4 Å². The van der Waals surface area contributed by atoms with Gasteiger partial charge in [0.25, 0.3) is 0 Å². The van der Waals surface area contributed by atoms with E-state index in [1.807, 2.05) is 0 Å². The maximum Gasteiger partial charge on any atom is 0.347 e. The van der Waals surface area contributed by atoms with Gasteiger partial charge in [0, 0.05) is 0 Å². The molecule has 0 aliphatic rings. The minimum Gasteiger partial charge on any atom is -0.477 e. The Balaban J connectivity index is 2.39. The van der Waals surface area contributed by atoms with E-state index >= 15 is 0 Å². The van der Waals surface area contributed by atoms with Gasteiger partial charge in [0.2, 0.25) is 0 Å². The zero-order valence-electron chi connectivity index (χ0n) is 10.1. The van der Waals surface area contributed by atoms with Crippen LogP contribution in [0, 0.1) is 25.5 Å². The third kappa shape index (κ3) is 2.55. The normalized spacial score (nSPS) is 10.5. The molecule has 100 valence electrons. The molecule has 0 amide bonds.